The number of hydrogen-bond acceptors (Lipinski definition) is 0. The number of hydrogen-bond donors (Lipinski definition) is 0. The van der Waals surface area contributed by atoms with Gasteiger partial charge in [0.15, 0.2) is 0 Å². The van der Waals surface area contributed by atoms with E-state index >= 15 is 0 Å². The smallest absolute Gasteiger partial charge is 0.131 e. The minimum Gasteiger partial charge on any atom is -0.207 e. The first-order valence-electron chi connectivity index (χ1n) is 7.84. The van der Waals surface area contributed by atoms with E-state index in [0.717, 1.165) is 38.6 Å². The van der Waals surface area contributed by atoms with Crippen LogP contribution in [0, 0.1) is 11.6 Å². The van der Waals surface area contributed by atoms with Crippen LogP contribution in [0.2, 0.25) is 0 Å². The van der Waals surface area contributed by atoms with Crippen molar-refractivity contribution in [2.45, 2.75) is 0 Å². The van der Waals surface area contributed by atoms with Crippen LogP contribution in [0.3, 0.4) is 0 Å². The molecule has 2 heteroatoms. The maximum Gasteiger partial charge on any atom is 0.131 e. The molecule has 0 saturated carbocycles. The van der Waals surface area contributed by atoms with Crippen molar-refractivity contribution >= 4 is 32.3 Å². The maximum absolute atomic E-state index is 14.3. The van der Waals surface area contributed by atoms with Gasteiger partial charge in [0.05, 0.1) is 0 Å². The van der Waals surface area contributed by atoms with Gasteiger partial charge in [-0.1, -0.05) is 54.6 Å². The van der Waals surface area contributed by atoms with Crippen molar-refractivity contribution in [3.63, 3.8) is 0 Å². The Labute approximate surface area is 137 Å². The van der Waals surface area contributed by atoms with E-state index in [-0.39, 0.29) is 0 Å². The highest BCUT2D eigenvalue weighted by atomic mass is 19.1. The summed E-state index contributed by atoms with van der Waals surface area (Å²) in [5.74, 6) is -0.844. The first-order valence-corrected chi connectivity index (χ1v) is 7.84. The summed E-state index contributed by atoms with van der Waals surface area (Å²) < 4.78 is 28.0. The largest absolute Gasteiger partial charge is 0.207 e. The van der Waals surface area contributed by atoms with Gasteiger partial charge in [0, 0.05) is 5.56 Å². The van der Waals surface area contributed by atoms with E-state index in [9.17, 15) is 8.78 Å². The molecule has 0 aliphatic heterocycles. The van der Waals surface area contributed by atoms with Gasteiger partial charge in [0.2, 0.25) is 0 Å². The second-order valence-corrected chi connectivity index (χ2v) is 6.09. The average Bonchev–Trinajstić information content (AvgIpc) is 2.62. The van der Waals surface area contributed by atoms with Gasteiger partial charge in [-0.05, 0) is 56.1 Å². The summed E-state index contributed by atoms with van der Waals surface area (Å²) in [6.45, 7) is 0. The molecule has 24 heavy (non-hydrogen) atoms. The Bertz CT molecular complexity index is 1210. The lowest BCUT2D eigenvalue weighted by Crippen LogP contribution is -1.90. The molecule has 114 valence electrons. The lowest BCUT2D eigenvalue weighted by Gasteiger charge is -2.14. The van der Waals surface area contributed by atoms with Crippen LogP contribution in [-0.2, 0) is 0 Å². The molecule has 0 saturated heterocycles. The molecule has 0 fully saturated rings. The standard InChI is InChI=1S/C22H12F2/c23-16-8-11-20(24)19(12-16)17-9-6-15-5-4-13-2-1-3-14-7-10-18(17)22(15)21(13)14/h1-12H. The van der Waals surface area contributed by atoms with Crippen LogP contribution in [0.4, 0.5) is 8.78 Å². The minimum atomic E-state index is -0.433. The number of halogens is 2. The molecular formula is C22H12F2. The van der Waals surface area contributed by atoms with Crippen molar-refractivity contribution in [1.82, 2.24) is 0 Å². The van der Waals surface area contributed by atoms with E-state index in [2.05, 4.69) is 24.3 Å². The van der Waals surface area contributed by atoms with Crippen LogP contribution in [0.1, 0.15) is 0 Å². The zero-order valence-corrected chi connectivity index (χ0v) is 12.7. The molecule has 0 atom stereocenters. The van der Waals surface area contributed by atoms with Crippen LogP contribution in [0.5, 0.6) is 0 Å². The molecule has 5 aromatic rings. The van der Waals surface area contributed by atoms with Gasteiger partial charge in [0.25, 0.3) is 0 Å². The van der Waals surface area contributed by atoms with Crippen molar-refractivity contribution < 1.29 is 8.78 Å². The Morgan fingerprint density at radius 2 is 1.21 bits per heavy atom. The molecule has 0 unspecified atom stereocenters. The molecule has 0 aliphatic carbocycles. The second kappa shape index (κ2) is 4.75. The average molecular weight is 314 g/mol. The highest BCUT2D eigenvalue weighted by Crippen LogP contribution is 2.39. The predicted octanol–water partition coefficient (Wildman–Crippen LogP) is 6.53. The zero-order chi connectivity index (χ0) is 16.3. The first-order chi connectivity index (χ1) is 11.7. The molecule has 0 aliphatic rings. The van der Waals surface area contributed by atoms with Crippen molar-refractivity contribution in [2.24, 2.45) is 0 Å². The Balaban J connectivity index is 1.99. The van der Waals surface area contributed by atoms with E-state index in [0.29, 0.717) is 5.56 Å². The van der Waals surface area contributed by atoms with Crippen molar-refractivity contribution in [1.29, 1.82) is 0 Å². The van der Waals surface area contributed by atoms with E-state index < -0.39 is 11.6 Å². The van der Waals surface area contributed by atoms with E-state index in [1.165, 1.54) is 17.5 Å². The van der Waals surface area contributed by atoms with E-state index in [4.69, 9.17) is 0 Å². The quantitative estimate of drug-likeness (QED) is 0.309. The van der Waals surface area contributed by atoms with Gasteiger partial charge in [-0.3, -0.25) is 0 Å². The lowest BCUT2D eigenvalue weighted by atomic mass is 9.90. The van der Waals surface area contributed by atoms with Crippen molar-refractivity contribution in [2.75, 3.05) is 0 Å². The maximum atomic E-state index is 14.3. The zero-order valence-electron chi connectivity index (χ0n) is 12.7. The number of rotatable bonds is 1. The SMILES string of the molecule is Fc1ccc(F)c(-c2ccc3ccc4cccc5ccc2c3c45)c1. The highest BCUT2D eigenvalue weighted by molar-refractivity contribution is 6.25. The fraction of sp³-hybridized carbons (Fsp3) is 0. The van der Waals surface area contributed by atoms with Crippen LogP contribution in [-0.4, -0.2) is 0 Å². The van der Waals surface area contributed by atoms with Gasteiger partial charge in [-0.15, -0.1) is 0 Å². The van der Waals surface area contributed by atoms with Gasteiger partial charge in [-0.2, -0.15) is 0 Å². The molecule has 5 rings (SSSR count). The Morgan fingerprint density at radius 3 is 2.00 bits per heavy atom. The van der Waals surface area contributed by atoms with Gasteiger partial charge in [0.1, 0.15) is 11.6 Å². The van der Waals surface area contributed by atoms with Crippen LogP contribution < -0.4 is 0 Å². The Kier molecular flexibility index (Phi) is 2.66. The molecule has 0 N–H and O–H groups in total. The summed E-state index contributed by atoms with van der Waals surface area (Å²) in [4.78, 5) is 0. The molecule has 0 heterocycles. The van der Waals surface area contributed by atoms with Crippen molar-refractivity contribution in [3.05, 3.63) is 84.4 Å². The molecular weight excluding hydrogens is 302 g/mol. The third-order valence-corrected chi connectivity index (χ3v) is 4.75. The third-order valence-electron chi connectivity index (χ3n) is 4.75. The van der Waals surface area contributed by atoms with Crippen LogP contribution in [0.15, 0.2) is 72.8 Å². The minimum absolute atomic E-state index is 0.299. The molecule has 0 aromatic heterocycles. The summed E-state index contributed by atoms with van der Waals surface area (Å²) in [6, 6.07) is 21.9. The summed E-state index contributed by atoms with van der Waals surface area (Å²) in [5.41, 5.74) is 1.02. The topological polar surface area (TPSA) is 0 Å². The van der Waals surface area contributed by atoms with E-state index in [1.807, 2.05) is 30.3 Å². The second-order valence-electron chi connectivity index (χ2n) is 6.09. The molecule has 5 aromatic carbocycles. The van der Waals surface area contributed by atoms with E-state index in [1.54, 1.807) is 0 Å². The molecule has 0 bridgehead atoms. The monoisotopic (exact) mass is 314 g/mol. The number of benzene rings is 5. The van der Waals surface area contributed by atoms with Gasteiger partial charge >= 0.3 is 0 Å². The normalized spacial score (nSPS) is 11.8. The van der Waals surface area contributed by atoms with Crippen LogP contribution in [0.25, 0.3) is 43.4 Å². The molecule has 0 nitrogen and oxygen atoms in total. The Hall–Kier alpha value is -3.00. The molecule has 0 radical (unpaired) electrons. The summed E-state index contributed by atoms with van der Waals surface area (Å²) in [7, 11) is 0. The highest BCUT2D eigenvalue weighted by Gasteiger charge is 2.14. The molecule has 0 spiro atoms. The van der Waals surface area contributed by atoms with Crippen LogP contribution >= 0.6 is 0 Å². The lowest BCUT2D eigenvalue weighted by molar-refractivity contribution is 0.603. The summed E-state index contributed by atoms with van der Waals surface area (Å²) in [5, 5.41) is 6.64. The van der Waals surface area contributed by atoms with Crippen molar-refractivity contribution in [3.8, 4) is 11.1 Å². The summed E-state index contributed by atoms with van der Waals surface area (Å²) in [6.07, 6.45) is 0. The first kappa shape index (κ1) is 13.4. The Morgan fingerprint density at radius 1 is 0.542 bits per heavy atom. The predicted molar refractivity (Wildman–Crippen MR) is 95.5 cm³/mol. The fourth-order valence-electron chi connectivity index (χ4n) is 3.67. The molecule has 0 amide bonds. The third kappa shape index (κ3) is 1.77. The fourth-order valence-corrected chi connectivity index (χ4v) is 3.67. The summed E-state index contributed by atoms with van der Waals surface area (Å²) >= 11 is 0. The van der Waals surface area contributed by atoms with Gasteiger partial charge < -0.3 is 0 Å². The van der Waals surface area contributed by atoms with Gasteiger partial charge in [-0.25, -0.2) is 8.78 Å².